The molecule has 0 fully saturated rings. The number of aromatic amines is 1. The molecule has 20 heavy (non-hydrogen) atoms. The first-order valence-corrected chi connectivity index (χ1v) is 6.20. The minimum atomic E-state index is -0.489. The Hall–Kier alpha value is -2.76. The number of rotatable bonds is 3. The van der Waals surface area contributed by atoms with Gasteiger partial charge in [0.05, 0.1) is 29.1 Å². The van der Waals surface area contributed by atoms with Gasteiger partial charge in [0, 0.05) is 12.3 Å². The zero-order chi connectivity index (χ0) is 14.1. The molecule has 6 nitrogen and oxygen atoms in total. The van der Waals surface area contributed by atoms with Crippen LogP contribution in [0.4, 0.5) is 11.4 Å². The number of aryl methyl sites for hydroxylation is 1. The second-order valence-corrected chi connectivity index (χ2v) is 4.57. The molecule has 6 heteroatoms. The highest BCUT2D eigenvalue weighted by atomic mass is 16.4. The van der Waals surface area contributed by atoms with E-state index in [1.165, 1.54) is 0 Å². The van der Waals surface area contributed by atoms with Gasteiger partial charge in [-0.15, -0.1) is 0 Å². The lowest BCUT2D eigenvalue weighted by atomic mass is 10.2. The summed E-state index contributed by atoms with van der Waals surface area (Å²) in [6.45, 7) is 2.56. The van der Waals surface area contributed by atoms with E-state index in [4.69, 9.17) is 10.2 Å². The van der Waals surface area contributed by atoms with Crippen molar-refractivity contribution in [2.24, 2.45) is 0 Å². The second kappa shape index (κ2) is 4.73. The highest BCUT2D eigenvalue weighted by Gasteiger charge is 2.07. The number of aromatic nitrogens is 2. The number of nitrogens with zero attached hydrogens (tertiary/aromatic N) is 1. The first-order chi connectivity index (χ1) is 9.63. The molecule has 4 N–H and O–H groups in total. The van der Waals surface area contributed by atoms with Crippen LogP contribution in [0, 0.1) is 6.92 Å². The molecule has 3 aromatic rings. The quantitative estimate of drug-likeness (QED) is 0.633. The molecular weight excluding hydrogens is 256 g/mol. The summed E-state index contributed by atoms with van der Waals surface area (Å²) in [5.74, 6) is -0.489. The Morgan fingerprint density at radius 3 is 3.10 bits per heavy atom. The average Bonchev–Trinajstić information content (AvgIpc) is 2.76. The summed E-state index contributed by atoms with van der Waals surface area (Å²) >= 11 is 0. The molecule has 0 aliphatic rings. The predicted molar refractivity (Wildman–Crippen MR) is 77.5 cm³/mol. The van der Waals surface area contributed by atoms with Crippen LogP contribution >= 0.6 is 0 Å². The molecule has 0 aliphatic heterocycles. The number of benzene rings is 1. The lowest BCUT2D eigenvalue weighted by molar-refractivity contribution is 0.555. The molecule has 2 aromatic heterocycles. The van der Waals surface area contributed by atoms with Gasteiger partial charge in [0.1, 0.15) is 0 Å². The van der Waals surface area contributed by atoms with Gasteiger partial charge in [-0.1, -0.05) is 6.07 Å². The Morgan fingerprint density at radius 2 is 2.30 bits per heavy atom. The maximum absolute atomic E-state index is 11.1. The van der Waals surface area contributed by atoms with Crippen molar-refractivity contribution in [2.45, 2.75) is 13.5 Å². The van der Waals surface area contributed by atoms with E-state index in [1.807, 2.05) is 19.1 Å². The molecule has 3 rings (SSSR count). The Balaban J connectivity index is 1.89. The number of nitrogens with one attached hydrogen (secondary N) is 2. The SMILES string of the molecule is Cc1cccnc1CNc1cc2[nH]c(=O)oc2cc1N. The molecule has 102 valence electrons. The number of pyridine rings is 1. The van der Waals surface area contributed by atoms with Crippen LogP contribution in [-0.4, -0.2) is 9.97 Å². The minimum absolute atomic E-state index is 0.451. The summed E-state index contributed by atoms with van der Waals surface area (Å²) in [5.41, 5.74) is 10.3. The summed E-state index contributed by atoms with van der Waals surface area (Å²) in [7, 11) is 0. The van der Waals surface area contributed by atoms with Gasteiger partial charge in [0.2, 0.25) is 0 Å². The molecular formula is C14H14N4O2. The maximum atomic E-state index is 11.1. The number of nitrogen functional groups attached to an aromatic ring is 1. The molecule has 0 amide bonds. The third-order valence-corrected chi connectivity index (χ3v) is 3.16. The van der Waals surface area contributed by atoms with Crippen LogP contribution < -0.4 is 16.8 Å². The largest absolute Gasteiger partial charge is 0.417 e. The van der Waals surface area contributed by atoms with Crippen LogP contribution in [0.1, 0.15) is 11.3 Å². The topological polar surface area (TPSA) is 96.9 Å². The summed E-state index contributed by atoms with van der Waals surface area (Å²) < 4.78 is 4.95. The van der Waals surface area contributed by atoms with Crippen molar-refractivity contribution in [1.29, 1.82) is 0 Å². The number of anilines is 2. The molecule has 0 spiro atoms. The van der Waals surface area contributed by atoms with Gasteiger partial charge in [0.15, 0.2) is 5.58 Å². The molecule has 0 saturated heterocycles. The number of H-pyrrole nitrogens is 1. The van der Waals surface area contributed by atoms with Crippen LogP contribution in [0.2, 0.25) is 0 Å². The molecule has 0 saturated carbocycles. The number of fused-ring (bicyclic) bond motifs is 1. The summed E-state index contributed by atoms with van der Waals surface area (Å²) in [5, 5.41) is 3.22. The van der Waals surface area contributed by atoms with Gasteiger partial charge in [-0.2, -0.15) is 0 Å². The molecule has 0 radical (unpaired) electrons. The van der Waals surface area contributed by atoms with Crippen molar-refractivity contribution in [3.05, 3.63) is 52.3 Å². The summed E-state index contributed by atoms with van der Waals surface area (Å²) in [6.07, 6.45) is 1.75. The van der Waals surface area contributed by atoms with Crippen molar-refractivity contribution >= 4 is 22.5 Å². The molecule has 0 aliphatic carbocycles. The van der Waals surface area contributed by atoms with Crippen molar-refractivity contribution < 1.29 is 4.42 Å². The Kier molecular flexibility index (Phi) is 2.90. The fourth-order valence-electron chi connectivity index (χ4n) is 2.05. The van der Waals surface area contributed by atoms with Gasteiger partial charge < -0.3 is 15.5 Å². The third-order valence-electron chi connectivity index (χ3n) is 3.16. The first kappa shape index (κ1) is 12.3. The van der Waals surface area contributed by atoms with Gasteiger partial charge in [-0.25, -0.2) is 4.79 Å². The van der Waals surface area contributed by atoms with Gasteiger partial charge >= 0.3 is 5.76 Å². The fourth-order valence-corrected chi connectivity index (χ4v) is 2.05. The zero-order valence-electron chi connectivity index (χ0n) is 10.9. The van der Waals surface area contributed by atoms with Crippen LogP contribution in [-0.2, 0) is 6.54 Å². The van der Waals surface area contributed by atoms with E-state index >= 15 is 0 Å². The van der Waals surface area contributed by atoms with Gasteiger partial charge in [-0.05, 0) is 24.6 Å². The zero-order valence-corrected chi connectivity index (χ0v) is 10.9. The Labute approximate surface area is 114 Å². The van der Waals surface area contributed by atoms with Crippen molar-refractivity contribution in [2.75, 3.05) is 11.1 Å². The summed E-state index contributed by atoms with van der Waals surface area (Å²) in [6, 6.07) is 7.29. The van der Waals surface area contributed by atoms with Crippen molar-refractivity contribution in [3.63, 3.8) is 0 Å². The third kappa shape index (κ3) is 2.23. The van der Waals surface area contributed by atoms with Gasteiger partial charge in [-0.3, -0.25) is 9.97 Å². The Morgan fingerprint density at radius 1 is 1.45 bits per heavy atom. The molecule has 0 atom stereocenters. The van der Waals surface area contributed by atoms with E-state index in [0.717, 1.165) is 16.9 Å². The monoisotopic (exact) mass is 270 g/mol. The van der Waals surface area contributed by atoms with E-state index < -0.39 is 5.76 Å². The predicted octanol–water partition coefficient (Wildman–Crippen LogP) is 2.02. The Bertz CT molecular complexity index is 819. The molecule has 1 aromatic carbocycles. The van der Waals surface area contributed by atoms with E-state index in [0.29, 0.717) is 23.3 Å². The molecule has 2 heterocycles. The second-order valence-electron chi connectivity index (χ2n) is 4.57. The summed E-state index contributed by atoms with van der Waals surface area (Å²) in [4.78, 5) is 18.1. The van der Waals surface area contributed by atoms with Crippen LogP contribution in [0.15, 0.2) is 39.7 Å². The number of nitrogens with two attached hydrogens (primary N) is 1. The smallest absolute Gasteiger partial charge is 0.408 e. The normalized spacial score (nSPS) is 10.8. The van der Waals surface area contributed by atoms with Crippen molar-refractivity contribution in [3.8, 4) is 0 Å². The van der Waals surface area contributed by atoms with Crippen LogP contribution in [0.25, 0.3) is 11.1 Å². The van der Waals surface area contributed by atoms with Crippen LogP contribution in [0.3, 0.4) is 0 Å². The highest BCUT2D eigenvalue weighted by molar-refractivity contribution is 5.85. The maximum Gasteiger partial charge on any atom is 0.417 e. The number of hydrogen-bond acceptors (Lipinski definition) is 5. The minimum Gasteiger partial charge on any atom is -0.408 e. The fraction of sp³-hybridized carbons (Fsp3) is 0.143. The first-order valence-electron chi connectivity index (χ1n) is 6.20. The molecule has 0 unspecified atom stereocenters. The number of oxazole rings is 1. The van der Waals surface area contributed by atoms with E-state index in [1.54, 1.807) is 18.3 Å². The molecule has 0 bridgehead atoms. The van der Waals surface area contributed by atoms with Gasteiger partial charge in [0.25, 0.3) is 0 Å². The van der Waals surface area contributed by atoms with E-state index in [2.05, 4.69) is 15.3 Å². The standard InChI is InChI=1S/C14H14N4O2/c1-8-3-2-4-16-12(8)7-17-10-6-11-13(5-9(10)15)20-14(19)18-11/h2-6,17H,7,15H2,1H3,(H,18,19). The average molecular weight is 270 g/mol. The van der Waals surface area contributed by atoms with E-state index in [-0.39, 0.29) is 0 Å². The van der Waals surface area contributed by atoms with Crippen molar-refractivity contribution in [1.82, 2.24) is 9.97 Å². The van der Waals surface area contributed by atoms with Crippen LogP contribution in [0.5, 0.6) is 0 Å². The highest BCUT2D eigenvalue weighted by Crippen LogP contribution is 2.24. The van der Waals surface area contributed by atoms with E-state index in [9.17, 15) is 4.79 Å². The number of hydrogen-bond donors (Lipinski definition) is 3. The lowest BCUT2D eigenvalue weighted by Gasteiger charge is -2.10. The lowest BCUT2D eigenvalue weighted by Crippen LogP contribution is -2.05.